The van der Waals surface area contributed by atoms with E-state index in [-0.39, 0.29) is 5.56 Å². The third-order valence-corrected chi connectivity index (χ3v) is 2.39. The van der Waals surface area contributed by atoms with Crippen molar-refractivity contribution in [2.75, 3.05) is 0 Å². The number of hydrogen-bond acceptors (Lipinski definition) is 2. The third-order valence-electron chi connectivity index (χ3n) is 2.39. The van der Waals surface area contributed by atoms with Crippen LogP contribution < -0.4 is 0 Å². The van der Waals surface area contributed by atoms with Crippen LogP contribution in [0.25, 0.3) is 11.1 Å². The number of halogens is 1. The maximum Gasteiger partial charge on any atom is 0.335 e. The molecule has 0 saturated carbocycles. The van der Waals surface area contributed by atoms with Gasteiger partial charge in [-0.2, -0.15) is 0 Å². The second-order valence-corrected chi connectivity index (χ2v) is 3.55. The summed E-state index contributed by atoms with van der Waals surface area (Å²) in [5, 5.41) is 18.1. The number of hydrogen-bond donors (Lipinski definition) is 2. The fraction of sp³-hybridized carbons (Fsp3) is 0. The lowest BCUT2D eigenvalue weighted by atomic mass is 10.0. The van der Waals surface area contributed by atoms with Crippen LogP contribution in [-0.4, -0.2) is 16.2 Å². The Morgan fingerprint density at radius 3 is 2.41 bits per heavy atom. The summed E-state index contributed by atoms with van der Waals surface area (Å²) in [6.45, 7) is 0. The predicted molar refractivity (Wildman–Crippen MR) is 60.5 cm³/mol. The minimum Gasteiger partial charge on any atom is -0.505 e. The molecular formula is C13H9FO3. The van der Waals surface area contributed by atoms with Gasteiger partial charge in [0.25, 0.3) is 0 Å². The number of carboxylic acid groups (broad SMARTS) is 1. The van der Waals surface area contributed by atoms with Crippen LogP contribution in [0.4, 0.5) is 4.39 Å². The second kappa shape index (κ2) is 4.25. The molecule has 0 unspecified atom stereocenters. The molecule has 0 aliphatic heterocycles. The first-order valence-electron chi connectivity index (χ1n) is 4.90. The number of aromatic carboxylic acids is 1. The average molecular weight is 232 g/mol. The fourth-order valence-corrected chi connectivity index (χ4v) is 1.52. The van der Waals surface area contributed by atoms with E-state index in [4.69, 9.17) is 5.11 Å². The van der Waals surface area contributed by atoms with E-state index in [1.165, 1.54) is 24.3 Å². The Morgan fingerprint density at radius 2 is 1.76 bits per heavy atom. The van der Waals surface area contributed by atoms with E-state index in [1.54, 1.807) is 12.1 Å². The lowest BCUT2D eigenvalue weighted by Crippen LogP contribution is -1.95. The van der Waals surface area contributed by atoms with Crippen LogP contribution in [0.2, 0.25) is 0 Å². The molecule has 0 aliphatic carbocycles. The Morgan fingerprint density at radius 1 is 1.06 bits per heavy atom. The van der Waals surface area contributed by atoms with Crippen LogP contribution in [-0.2, 0) is 0 Å². The zero-order chi connectivity index (χ0) is 12.4. The molecule has 0 aliphatic rings. The minimum atomic E-state index is -1.03. The smallest absolute Gasteiger partial charge is 0.335 e. The lowest BCUT2D eigenvalue weighted by Gasteiger charge is -2.04. The maximum absolute atomic E-state index is 12.9. The van der Waals surface area contributed by atoms with Crippen molar-refractivity contribution in [3.05, 3.63) is 53.8 Å². The SMILES string of the molecule is O=C(O)c1cccc(-c2ccc(F)c(O)c2)c1. The van der Waals surface area contributed by atoms with E-state index < -0.39 is 17.5 Å². The molecule has 3 nitrogen and oxygen atoms in total. The van der Waals surface area contributed by atoms with Crippen molar-refractivity contribution < 1.29 is 19.4 Å². The highest BCUT2D eigenvalue weighted by atomic mass is 19.1. The van der Waals surface area contributed by atoms with Crippen molar-refractivity contribution in [3.63, 3.8) is 0 Å². The Labute approximate surface area is 96.8 Å². The topological polar surface area (TPSA) is 57.5 Å². The van der Waals surface area contributed by atoms with Gasteiger partial charge >= 0.3 is 5.97 Å². The number of carbonyl (C=O) groups is 1. The van der Waals surface area contributed by atoms with Gasteiger partial charge in [0.05, 0.1) is 5.56 Å². The van der Waals surface area contributed by atoms with Gasteiger partial charge in [-0.15, -0.1) is 0 Å². The Kier molecular flexibility index (Phi) is 2.78. The summed E-state index contributed by atoms with van der Waals surface area (Å²) in [6, 6.07) is 10.1. The van der Waals surface area contributed by atoms with Gasteiger partial charge in [0.15, 0.2) is 11.6 Å². The molecule has 0 saturated heterocycles. The minimum absolute atomic E-state index is 0.145. The number of rotatable bonds is 2. The van der Waals surface area contributed by atoms with Crippen LogP contribution in [0.3, 0.4) is 0 Å². The lowest BCUT2D eigenvalue weighted by molar-refractivity contribution is 0.0697. The van der Waals surface area contributed by atoms with Crippen molar-refractivity contribution in [2.45, 2.75) is 0 Å². The molecule has 0 fully saturated rings. The largest absolute Gasteiger partial charge is 0.505 e. The van der Waals surface area contributed by atoms with E-state index in [1.807, 2.05) is 0 Å². The normalized spacial score (nSPS) is 10.2. The summed E-state index contributed by atoms with van der Waals surface area (Å²) >= 11 is 0. The maximum atomic E-state index is 12.9. The van der Waals surface area contributed by atoms with E-state index in [2.05, 4.69) is 0 Å². The highest BCUT2D eigenvalue weighted by Gasteiger charge is 2.07. The van der Waals surface area contributed by atoms with E-state index >= 15 is 0 Å². The number of carboxylic acids is 1. The van der Waals surface area contributed by atoms with Crippen LogP contribution in [0, 0.1) is 5.82 Å². The molecule has 0 atom stereocenters. The van der Waals surface area contributed by atoms with E-state index in [0.717, 1.165) is 6.07 Å². The van der Waals surface area contributed by atoms with Gasteiger partial charge in [0.2, 0.25) is 0 Å². The van der Waals surface area contributed by atoms with Gasteiger partial charge in [-0.25, -0.2) is 9.18 Å². The van der Waals surface area contributed by atoms with Gasteiger partial charge in [-0.3, -0.25) is 0 Å². The highest BCUT2D eigenvalue weighted by Crippen LogP contribution is 2.26. The first-order chi connectivity index (χ1) is 8.08. The van der Waals surface area contributed by atoms with Crippen LogP contribution in [0.1, 0.15) is 10.4 Å². The molecular weight excluding hydrogens is 223 g/mol. The van der Waals surface area contributed by atoms with Gasteiger partial charge < -0.3 is 10.2 Å². The van der Waals surface area contributed by atoms with Gasteiger partial charge in [0, 0.05) is 0 Å². The summed E-state index contributed by atoms with van der Waals surface area (Å²) in [5.41, 5.74) is 1.32. The monoisotopic (exact) mass is 232 g/mol. The summed E-state index contributed by atoms with van der Waals surface area (Å²) in [5.74, 6) is -2.19. The standard InChI is InChI=1S/C13H9FO3/c14-11-5-4-9(7-12(11)15)8-2-1-3-10(6-8)13(16)17/h1-7,15H,(H,16,17). The molecule has 0 spiro atoms. The summed E-state index contributed by atoms with van der Waals surface area (Å²) < 4.78 is 12.9. The van der Waals surface area contributed by atoms with Crippen molar-refractivity contribution in [2.24, 2.45) is 0 Å². The Bertz CT molecular complexity index is 579. The molecule has 2 N–H and O–H groups in total. The molecule has 2 rings (SSSR count). The first kappa shape index (κ1) is 11.1. The molecule has 4 heteroatoms. The van der Waals surface area contributed by atoms with Crippen molar-refractivity contribution in [1.82, 2.24) is 0 Å². The Balaban J connectivity index is 2.49. The van der Waals surface area contributed by atoms with Crippen LogP contribution in [0.15, 0.2) is 42.5 Å². The summed E-state index contributed by atoms with van der Waals surface area (Å²) in [4.78, 5) is 10.8. The number of phenols is 1. The van der Waals surface area contributed by atoms with Crippen LogP contribution >= 0.6 is 0 Å². The zero-order valence-corrected chi connectivity index (χ0v) is 8.72. The molecule has 0 radical (unpaired) electrons. The highest BCUT2D eigenvalue weighted by molar-refractivity contribution is 5.89. The average Bonchev–Trinajstić information content (AvgIpc) is 2.33. The zero-order valence-electron chi connectivity index (χ0n) is 8.72. The van der Waals surface area contributed by atoms with Crippen molar-refractivity contribution in [1.29, 1.82) is 0 Å². The third kappa shape index (κ3) is 2.25. The molecule has 2 aromatic rings. The van der Waals surface area contributed by atoms with E-state index in [0.29, 0.717) is 11.1 Å². The van der Waals surface area contributed by atoms with E-state index in [9.17, 15) is 14.3 Å². The van der Waals surface area contributed by atoms with Crippen molar-refractivity contribution >= 4 is 5.97 Å². The quantitative estimate of drug-likeness (QED) is 0.836. The fourth-order valence-electron chi connectivity index (χ4n) is 1.52. The van der Waals surface area contributed by atoms with Crippen molar-refractivity contribution in [3.8, 4) is 16.9 Å². The molecule has 86 valence electrons. The molecule has 0 heterocycles. The predicted octanol–water partition coefficient (Wildman–Crippen LogP) is 2.90. The number of phenolic OH excluding ortho intramolecular Hbond substituents is 1. The van der Waals surface area contributed by atoms with Gasteiger partial charge in [-0.05, 0) is 35.4 Å². The molecule has 17 heavy (non-hydrogen) atoms. The second-order valence-electron chi connectivity index (χ2n) is 3.55. The number of benzene rings is 2. The van der Waals surface area contributed by atoms with Gasteiger partial charge in [0.1, 0.15) is 0 Å². The molecule has 0 amide bonds. The van der Waals surface area contributed by atoms with Gasteiger partial charge in [-0.1, -0.05) is 18.2 Å². The Hall–Kier alpha value is -2.36. The number of aromatic hydroxyl groups is 1. The molecule has 0 aromatic heterocycles. The molecule has 0 bridgehead atoms. The van der Waals surface area contributed by atoms with Crippen LogP contribution in [0.5, 0.6) is 5.75 Å². The summed E-state index contributed by atoms with van der Waals surface area (Å²) in [6.07, 6.45) is 0. The molecule has 2 aromatic carbocycles. The summed E-state index contributed by atoms with van der Waals surface area (Å²) in [7, 11) is 0. The first-order valence-corrected chi connectivity index (χ1v) is 4.90.